The minimum Gasteiger partial charge on any atom is -0.398 e. The molecular formula is C28H20N2. The van der Waals surface area contributed by atoms with E-state index < -0.39 is 0 Å². The molecule has 30 heavy (non-hydrogen) atoms. The maximum Gasteiger partial charge on any atom is 0.0541 e. The molecule has 0 radical (unpaired) electrons. The van der Waals surface area contributed by atoms with E-state index in [-0.39, 0.29) is 0 Å². The lowest BCUT2D eigenvalue weighted by atomic mass is 9.96. The lowest BCUT2D eigenvalue weighted by Gasteiger charge is -2.10. The normalized spacial score (nSPS) is 11.5. The third-order valence-electron chi connectivity index (χ3n) is 5.96. The molecule has 5 aromatic carbocycles. The van der Waals surface area contributed by atoms with E-state index in [0.717, 1.165) is 11.1 Å². The molecule has 142 valence electrons. The van der Waals surface area contributed by atoms with Crippen LogP contribution in [0.4, 0.5) is 5.69 Å². The standard InChI is InChI=1S/C28H20N2/c29-26-16-15-21(22-10-4-5-11-23(22)26)19-14-17-28-25(18-19)24-12-6-7-13-27(24)30(28)20-8-2-1-3-9-20/h1-18H,29H2. The van der Waals surface area contributed by atoms with E-state index in [1.54, 1.807) is 0 Å². The van der Waals surface area contributed by atoms with Crippen LogP contribution in [0, 0.1) is 0 Å². The molecule has 1 aromatic heterocycles. The van der Waals surface area contributed by atoms with Crippen LogP contribution in [0.15, 0.2) is 109 Å². The fourth-order valence-corrected chi connectivity index (χ4v) is 4.57. The Morgan fingerprint density at radius 3 is 2.00 bits per heavy atom. The predicted octanol–water partition coefficient (Wildman–Crippen LogP) is 7.19. The van der Waals surface area contributed by atoms with E-state index in [2.05, 4.69) is 102 Å². The minimum absolute atomic E-state index is 0.816. The minimum atomic E-state index is 0.816. The molecule has 0 fully saturated rings. The van der Waals surface area contributed by atoms with E-state index in [1.807, 2.05) is 12.1 Å². The summed E-state index contributed by atoms with van der Waals surface area (Å²) in [5.41, 5.74) is 13.1. The van der Waals surface area contributed by atoms with Gasteiger partial charge in [0.1, 0.15) is 0 Å². The van der Waals surface area contributed by atoms with Crippen LogP contribution in [0.5, 0.6) is 0 Å². The second kappa shape index (κ2) is 6.50. The molecule has 0 unspecified atom stereocenters. The van der Waals surface area contributed by atoms with Gasteiger partial charge in [0, 0.05) is 27.5 Å². The van der Waals surface area contributed by atoms with Crippen LogP contribution < -0.4 is 5.73 Å². The van der Waals surface area contributed by atoms with Gasteiger partial charge in [0.2, 0.25) is 0 Å². The number of nitrogens with two attached hydrogens (primary N) is 1. The van der Waals surface area contributed by atoms with Crippen molar-refractivity contribution in [3.8, 4) is 16.8 Å². The Morgan fingerprint density at radius 2 is 1.17 bits per heavy atom. The fourth-order valence-electron chi connectivity index (χ4n) is 4.57. The number of para-hydroxylation sites is 2. The first-order valence-corrected chi connectivity index (χ1v) is 10.2. The Balaban J connectivity index is 1.68. The number of benzene rings is 5. The Morgan fingerprint density at radius 1 is 0.500 bits per heavy atom. The summed E-state index contributed by atoms with van der Waals surface area (Å²) in [5.74, 6) is 0. The van der Waals surface area contributed by atoms with Gasteiger partial charge >= 0.3 is 0 Å². The highest BCUT2D eigenvalue weighted by Gasteiger charge is 2.14. The molecule has 0 saturated carbocycles. The van der Waals surface area contributed by atoms with Gasteiger partial charge in [-0.1, -0.05) is 72.8 Å². The van der Waals surface area contributed by atoms with Crippen LogP contribution in [-0.2, 0) is 0 Å². The first-order chi connectivity index (χ1) is 14.8. The van der Waals surface area contributed by atoms with Gasteiger partial charge in [-0.2, -0.15) is 0 Å². The molecular weight excluding hydrogens is 364 g/mol. The molecule has 2 heteroatoms. The monoisotopic (exact) mass is 384 g/mol. The van der Waals surface area contributed by atoms with E-state index in [9.17, 15) is 0 Å². The lowest BCUT2D eigenvalue weighted by molar-refractivity contribution is 1.18. The molecule has 2 N–H and O–H groups in total. The second-order valence-electron chi connectivity index (χ2n) is 7.67. The van der Waals surface area contributed by atoms with Crippen LogP contribution in [0.2, 0.25) is 0 Å². The van der Waals surface area contributed by atoms with Crippen molar-refractivity contribution in [3.05, 3.63) is 109 Å². The summed E-state index contributed by atoms with van der Waals surface area (Å²) >= 11 is 0. The smallest absolute Gasteiger partial charge is 0.0541 e. The molecule has 1 heterocycles. The maximum absolute atomic E-state index is 6.23. The predicted molar refractivity (Wildman–Crippen MR) is 128 cm³/mol. The van der Waals surface area contributed by atoms with Crippen LogP contribution in [0.25, 0.3) is 49.4 Å². The lowest BCUT2D eigenvalue weighted by Crippen LogP contribution is -1.93. The summed E-state index contributed by atoms with van der Waals surface area (Å²) in [4.78, 5) is 0. The average Bonchev–Trinajstić information content (AvgIpc) is 3.14. The number of fused-ring (bicyclic) bond motifs is 4. The molecule has 6 aromatic rings. The third kappa shape index (κ3) is 2.44. The summed E-state index contributed by atoms with van der Waals surface area (Å²) in [7, 11) is 0. The number of hydrogen-bond acceptors (Lipinski definition) is 1. The summed E-state index contributed by atoms with van der Waals surface area (Å²) < 4.78 is 2.34. The number of rotatable bonds is 2. The molecule has 0 aliphatic heterocycles. The van der Waals surface area contributed by atoms with Crippen molar-refractivity contribution in [1.82, 2.24) is 4.57 Å². The number of nitrogens with zero attached hydrogens (tertiary/aromatic N) is 1. The summed E-state index contributed by atoms with van der Waals surface area (Å²) in [5, 5.41) is 4.80. The molecule has 0 aliphatic rings. The van der Waals surface area contributed by atoms with Crippen LogP contribution in [0.1, 0.15) is 0 Å². The topological polar surface area (TPSA) is 30.9 Å². The number of nitrogen functional groups attached to an aromatic ring is 1. The summed E-state index contributed by atoms with van der Waals surface area (Å²) in [6, 6.07) is 38.5. The highest BCUT2D eigenvalue weighted by Crippen LogP contribution is 2.37. The Hall–Kier alpha value is -4.04. The largest absolute Gasteiger partial charge is 0.398 e. The number of aromatic nitrogens is 1. The van der Waals surface area contributed by atoms with Crippen molar-refractivity contribution in [1.29, 1.82) is 0 Å². The van der Waals surface area contributed by atoms with Gasteiger partial charge in [-0.3, -0.25) is 0 Å². The first-order valence-electron chi connectivity index (χ1n) is 10.2. The van der Waals surface area contributed by atoms with Gasteiger partial charge in [-0.05, 0) is 52.9 Å². The zero-order chi connectivity index (χ0) is 20.1. The number of anilines is 1. The van der Waals surface area contributed by atoms with E-state index in [4.69, 9.17) is 5.73 Å². The molecule has 2 nitrogen and oxygen atoms in total. The fraction of sp³-hybridized carbons (Fsp3) is 0. The molecule has 0 aliphatic carbocycles. The first kappa shape index (κ1) is 16.9. The number of hydrogen-bond donors (Lipinski definition) is 1. The molecule has 0 spiro atoms. The molecule has 0 bridgehead atoms. The van der Waals surface area contributed by atoms with Crippen molar-refractivity contribution >= 4 is 38.3 Å². The quantitative estimate of drug-likeness (QED) is 0.315. The Bertz CT molecular complexity index is 1540. The van der Waals surface area contributed by atoms with Crippen molar-refractivity contribution in [2.24, 2.45) is 0 Å². The Kier molecular flexibility index (Phi) is 3.65. The zero-order valence-electron chi connectivity index (χ0n) is 16.4. The van der Waals surface area contributed by atoms with Crippen molar-refractivity contribution < 1.29 is 0 Å². The Labute approximate surface area is 174 Å². The molecule has 0 atom stereocenters. The summed E-state index contributed by atoms with van der Waals surface area (Å²) in [6.07, 6.45) is 0. The van der Waals surface area contributed by atoms with E-state index in [0.29, 0.717) is 0 Å². The second-order valence-corrected chi connectivity index (χ2v) is 7.67. The maximum atomic E-state index is 6.23. The SMILES string of the molecule is Nc1ccc(-c2ccc3c(c2)c2ccccc2n3-c2ccccc2)c2ccccc12. The van der Waals surface area contributed by atoms with Crippen molar-refractivity contribution in [2.45, 2.75) is 0 Å². The van der Waals surface area contributed by atoms with Crippen molar-refractivity contribution in [2.75, 3.05) is 5.73 Å². The van der Waals surface area contributed by atoms with Gasteiger partial charge < -0.3 is 10.3 Å². The highest BCUT2D eigenvalue weighted by molar-refractivity contribution is 6.11. The summed E-state index contributed by atoms with van der Waals surface area (Å²) in [6.45, 7) is 0. The van der Waals surface area contributed by atoms with Crippen LogP contribution in [-0.4, -0.2) is 4.57 Å². The van der Waals surface area contributed by atoms with Gasteiger partial charge in [0.15, 0.2) is 0 Å². The average molecular weight is 384 g/mol. The molecule has 0 saturated heterocycles. The van der Waals surface area contributed by atoms with Crippen LogP contribution >= 0.6 is 0 Å². The molecule has 0 amide bonds. The zero-order valence-corrected chi connectivity index (χ0v) is 16.4. The van der Waals surface area contributed by atoms with Gasteiger partial charge in [0.05, 0.1) is 11.0 Å². The van der Waals surface area contributed by atoms with Gasteiger partial charge in [-0.15, -0.1) is 0 Å². The van der Waals surface area contributed by atoms with E-state index >= 15 is 0 Å². The van der Waals surface area contributed by atoms with Crippen LogP contribution in [0.3, 0.4) is 0 Å². The third-order valence-corrected chi connectivity index (χ3v) is 5.96. The van der Waals surface area contributed by atoms with Gasteiger partial charge in [-0.25, -0.2) is 0 Å². The highest BCUT2D eigenvalue weighted by atomic mass is 15.0. The molecule has 6 rings (SSSR count). The van der Waals surface area contributed by atoms with Gasteiger partial charge in [0.25, 0.3) is 0 Å². The van der Waals surface area contributed by atoms with E-state index in [1.165, 1.54) is 44.0 Å². The van der Waals surface area contributed by atoms with Crippen molar-refractivity contribution in [3.63, 3.8) is 0 Å².